The molecule has 1 aromatic rings. The fourth-order valence-corrected chi connectivity index (χ4v) is 1.93. The van der Waals surface area contributed by atoms with Gasteiger partial charge in [-0.3, -0.25) is 4.79 Å². The Morgan fingerprint density at radius 2 is 1.88 bits per heavy atom. The van der Waals surface area contributed by atoms with E-state index in [1.165, 1.54) is 11.1 Å². The first-order chi connectivity index (χ1) is 8.02. The predicted molar refractivity (Wildman–Crippen MR) is 70.6 cm³/mol. The minimum atomic E-state index is -0.265. The Balaban J connectivity index is 2.56. The second-order valence-corrected chi connectivity index (χ2v) is 4.55. The average Bonchev–Trinajstić information content (AvgIpc) is 2.28. The van der Waals surface area contributed by atoms with Gasteiger partial charge in [0.1, 0.15) is 0 Å². The molecule has 1 amide bonds. The van der Waals surface area contributed by atoms with Crippen LogP contribution in [0.4, 0.5) is 0 Å². The van der Waals surface area contributed by atoms with E-state index in [0.29, 0.717) is 6.42 Å². The van der Waals surface area contributed by atoms with Crippen molar-refractivity contribution in [1.82, 2.24) is 5.32 Å². The zero-order valence-corrected chi connectivity index (χ0v) is 10.9. The fraction of sp³-hybridized carbons (Fsp3) is 0.500. The van der Waals surface area contributed by atoms with Crippen LogP contribution in [-0.2, 0) is 11.2 Å². The van der Waals surface area contributed by atoms with Crippen molar-refractivity contribution in [2.75, 3.05) is 0 Å². The third-order valence-electron chi connectivity index (χ3n) is 2.93. The average molecular weight is 234 g/mol. The summed E-state index contributed by atoms with van der Waals surface area (Å²) in [6, 6.07) is 8.89. The second kappa shape index (κ2) is 6.40. The fourth-order valence-electron chi connectivity index (χ4n) is 1.93. The van der Waals surface area contributed by atoms with Gasteiger partial charge in [-0.05, 0) is 31.4 Å². The van der Waals surface area contributed by atoms with E-state index in [1.54, 1.807) is 0 Å². The largest absolute Gasteiger partial charge is 0.370 e. The summed E-state index contributed by atoms with van der Waals surface area (Å²) >= 11 is 0. The van der Waals surface area contributed by atoms with Crippen molar-refractivity contribution in [2.45, 2.75) is 45.7 Å². The number of rotatable bonds is 6. The SMILES string of the molecule is CCc1ccc(C(C)NC(C)CC(N)=O)cc1. The first-order valence-electron chi connectivity index (χ1n) is 6.16. The lowest BCUT2D eigenvalue weighted by molar-refractivity contribution is -0.118. The molecule has 2 unspecified atom stereocenters. The lowest BCUT2D eigenvalue weighted by Crippen LogP contribution is -2.32. The van der Waals surface area contributed by atoms with Gasteiger partial charge in [0.2, 0.25) is 5.91 Å². The highest BCUT2D eigenvalue weighted by atomic mass is 16.1. The number of aryl methyl sites for hydroxylation is 1. The van der Waals surface area contributed by atoms with Crippen LogP contribution in [0.5, 0.6) is 0 Å². The summed E-state index contributed by atoms with van der Waals surface area (Å²) in [6.45, 7) is 6.21. The quantitative estimate of drug-likeness (QED) is 0.792. The summed E-state index contributed by atoms with van der Waals surface area (Å²) < 4.78 is 0. The molecule has 1 rings (SSSR count). The molecule has 94 valence electrons. The van der Waals surface area contributed by atoms with Crippen LogP contribution >= 0.6 is 0 Å². The highest BCUT2D eigenvalue weighted by Gasteiger charge is 2.11. The third kappa shape index (κ3) is 4.57. The second-order valence-electron chi connectivity index (χ2n) is 4.55. The number of carbonyl (C=O) groups is 1. The van der Waals surface area contributed by atoms with E-state index in [-0.39, 0.29) is 18.0 Å². The number of amides is 1. The molecule has 2 atom stereocenters. The standard InChI is InChI=1S/C14H22N2O/c1-4-12-5-7-13(8-6-12)11(3)16-10(2)9-14(15)17/h5-8,10-11,16H,4,9H2,1-3H3,(H2,15,17). The highest BCUT2D eigenvalue weighted by molar-refractivity contribution is 5.74. The number of nitrogens with one attached hydrogen (secondary N) is 1. The normalized spacial score (nSPS) is 14.3. The van der Waals surface area contributed by atoms with E-state index in [0.717, 1.165) is 6.42 Å². The monoisotopic (exact) mass is 234 g/mol. The van der Waals surface area contributed by atoms with E-state index >= 15 is 0 Å². The molecule has 0 aliphatic carbocycles. The molecular weight excluding hydrogens is 212 g/mol. The first kappa shape index (κ1) is 13.7. The molecule has 0 bridgehead atoms. The Hall–Kier alpha value is -1.35. The number of hydrogen-bond acceptors (Lipinski definition) is 2. The zero-order chi connectivity index (χ0) is 12.8. The van der Waals surface area contributed by atoms with E-state index in [4.69, 9.17) is 5.73 Å². The minimum absolute atomic E-state index is 0.105. The third-order valence-corrected chi connectivity index (χ3v) is 2.93. The van der Waals surface area contributed by atoms with Gasteiger partial charge in [0.15, 0.2) is 0 Å². The molecule has 3 nitrogen and oxygen atoms in total. The molecule has 17 heavy (non-hydrogen) atoms. The van der Waals surface area contributed by atoms with E-state index in [1.807, 2.05) is 6.92 Å². The highest BCUT2D eigenvalue weighted by Crippen LogP contribution is 2.14. The molecule has 3 N–H and O–H groups in total. The van der Waals surface area contributed by atoms with Gasteiger partial charge in [-0.25, -0.2) is 0 Å². The molecule has 0 aromatic heterocycles. The van der Waals surface area contributed by atoms with Gasteiger partial charge < -0.3 is 11.1 Å². The summed E-state index contributed by atoms with van der Waals surface area (Å²) in [5, 5.41) is 3.36. The smallest absolute Gasteiger partial charge is 0.218 e. The summed E-state index contributed by atoms with van der Waals surface area (Å²) in [5.41, 5.74) is 7.74. The molecule has 3 heteroatoms. The van der Waals surface area contributed by atoms with Crippen molar-refractivity contribution in [3.05, 3.63) is 35.4 Å². The van der Waals surface area contributed by atoms with Gasteiger partial charge in [0, 0.05) is 18.5 Å². The lowest BCUT2D eigenvalue weighted by atomic mass is 10.0. The minimum Gasteiger partial charge on any atom is -0.370 e. The Kier molecular flexibility index (Phi) is 5.16. The van der Waals surface area contributed by atoms with Crippen molar-refractivity contribution >= 4 is 5.91 Å². The molecule has 0 spiro atoms. The Morgan fingerprint density at radius 1 is 1.29 bits per heavy atom. The molecular formula is C14H22N2O. The Labute approximate surface area is 103 Å². The van der Waals surface area contributed by atoms with Crippen LogP contribution in [0.15, 0.2) is 24.3 Å². The summed E-state index contributed by atoms with van der Waals surface area (Å²) in [6.07, 6.45) is 1.43. The number of primary amides is 1. The van der Waals surface area contributed by atoms with Crippen molar-refractivity contribution < 1.29 is 4.79 Å². The number of hydrogen-bond donors (Lipinski definition) is 2. The van der Waals surface area contributed by atoms with Crippen molar-refractivity contribution in [1.29, 1.82) is 0 Å². The van der Waals surface area contributed by atoms with Crippen LogP contribution in [0.2, 0.25) is 0 Å². The van der Waals surface area contributed by atoms with Gasteiger partial charge >= 0.3 is 0 Å². The van der Waals surface area contributed by atoms with E-state index in [9.17, 15) is 4.79 Å². The van der Waals surface area contributed by atoms with Crippen LogP contribution in [-0.4, -0.2) is 11.9 Å². The molecule has 0 radical (unpaired) electrons. The van der Waals surface area contributed by atoms with Crippen molar-refractivity contribution in [3.8, 4) is 0 Å². The molecule has 0 saturated heterocycles. The van der Waals surface area contributed by atoms with Gasteiger partial charge in [-0.1, -0.05) is 31.2 Å². The molecule has 0 aliphatic rings. The summed E-state index contributed by atoms with van der Waals surface area (Å²) in [5.74, 6) is -0.265. The maximum absolute atomic E-state index is 10.8. The number of carbonyl (C=O) groups excluding carboxylic acids is 1. The van der Waals surface area contributed by atoms with Crippen molar-refractivity contribution in [2.24, 2.45) is 5.73 Å². The first-order valence-corrected chi connectivity index (χ1v) is 6.16. The van der Waals surface area contributed by atoms with Crippen LogP contribution in [0.3, 0.4) is 0 Å². The van der Waals surface area contributed by atoms with Crippen LogP contribution in [0.25, 0.3) is 0 Å². The molecule has 0 saturated carbocycles. The predicted octanol–water partition coefficient (Wildman–Crippen LogP) is 2.16. The molecule has 1 aromatic carbocycles. The van der Waals surface area contributed by atoms with Crippen LogP contribution in [0.1, 0.15) is 44.4 Å². The van der Waals surface area contributed by atoms with Gasteiger partial charge in [-0.2, -0.15) is 0 Å². The Morgan fingerprint density at radius 3 is 2.35 bits per heavy atom. The van der Waals surface area contributed by atoms with Crippen molar-refractivity contribution in [3.63, 3.8) is 0 Å². The molecule has 0 aliphatic heterocycles. The zero-order valence-electron chi connectivity index (χ0n) is 10.9. The number of benzene rings is 1. The Bertz CT molecular complexity index is 359. The van der Waals surface area contributed by atoms with Gasteiger partial charge in [-0.15, -0.1) is 0 Å². The summed E-state index contributed by atoms with van der Waals surface area (Å²) in [7, 11) is 0. The van der Waals surface area contributed by atoms with Gasteiger partial charge in [0.25, 0.3) is 0 Å². The van der Waals surface area contributed by atoms with Gasteiger partial charge in [0.05, 0.1) is 0 Å². The molecule has 0 heterocycles. The topological polar surface area (TPSA) is 55.1 Å². The maximum atomic E-state index is 10.8. The summed E-state index contributed by atoms with van der Waals surface area (Å²) in [4.78, 5) is 10.8. The number of nitrogens with two attached hydrogens (primary N) is 1. The van der Waals surface area contributed by atoms with Crippen LogP contribution < -0.4 is 11.1 Å². The lowest BCUT2D eigenvalue weighted by Gasteiger charge is -2.19. The van der Waals surface area contributed by atoms with Crippen LogP contribution in [0, 0.1) is 0 Å². The van der Waals surface area contributed by atoms with E-state index < -0.39 is 0 Å². The van der Waals surface area contributed by atoms with E-state index in [2.05, 4.69) is 43.4 Å². The maximum Gasteiger partial charge on any atom is 0.218 e. The molecule has 0 fully saturated rings.